The molecule has 0 radical (unpaired) electrons. The van der Waals surface area contributed by atoms with Gasteiger partial charge >= 0.3 is 0 Å². The number of amides is 1. The highest BCUT2D eigenvalue weighted by Gasteiger charge is 2.26. The van der Waals surface area contributed by atoms with Gasteiger partial charge in [-0.2, -0.15) is 0 Å². The van der Waals surface area contributed by atoms with Crippen LogP contribution in [0.25, 0.3) is 0 Å². The summed E-state index contributed by atoms with van der Waals surface area (Å²) in [6, 6.07) is 8.21. The minimum Gasteiger partial charge on any atom is -0.394 e. The molecule has 1 rings (SSSR count). The third-order valence-corrected chi connectivity index (χ3v) is 3.78. The van der Waals surface area contributed by atoms with E-state index in [0.29, 0.717) is 6.42 Å². The number of aryl methyl sites for hydroxylation is 2. The highest BCUT2D eigenvalue weighted by Crippen LogP contribution is 2.15. The maximum atomic E-state index is 12.0. The third-order valence-electron chi connectivity index (χ3n) is 3.78. The van der Waals surface area contributed by atoms with E-state index in [1.165, 1.54) is 11.1 Å². The van der Waals surface area contributed by atoms with Gasteiger partial charge in [0.15, 0.2) is 0 Å². The zero-order valence-corrected chi connectivity index (χ0v) is 12.2. The SMILES string of the molecule is CCC(CC)(CO)NC(=O)CCc1cccc(C)c1. The molecule has 0 saturated carbocycles. The number of carbonyl (C=O) groups excluding carboxylic acids is 1. The maximum absolute atomic E-state index is 12.0. The van der Waals surface area contributed by atoms with Crippen molar-refractivity contribution in [2.24, 2.45) is 0 Å². The molecule has 1 aromatic carbocycles. The lowest BCUT2D eigenvalue weighted by atomic mass is 9.93. The first-order chi connectivity index (χ1) is 9.05. The molecule has 106 valence electrons. The predicted molar refractivity (Wildman–Crippen MR) is 78.0 cm³/mol. The Kier molecular flexibility index (Phi) is 6.03. The summed E-state index contributed by atoms with van der Waals surface area (Å²) in [6.45, 7) is 6.02. The van der Waals surface area contributed by atoms with Crippen molar-refractivity contribution in [2.75, 3.05) is 6.61 Å². The molecule has 0 unspecified atom stereocenters. The van der Waals surface area contributed by atoms with Gasteiger partial charge in [-0.05, 0) is 31.7 Å². The molecule has 1 amide bonds. The molecule has 0 fully saturated rings. The van der Waals surface area contributed by atoms with Gasteiger partial charge in [-0.3, -0.25) is 4.79 Å². The van der Waals surface area contributed by atoms with Gasteiger partial charge in [0.05, 0.1) is 12.1 Å². The average molecular weight is 263 g/mol. The Bertz CT molecular complexity index is 403. The standard InChI is InChI=1S/C16H25NO2/c1-4-16(5-2,12-18)17-15(19)10-9-14-8-6-7-13(3)11-14/h6-8,11,18H,4-5,9-10,12H2,1-3H3,(H,17,19). The van der Waals surface area contributed by atoms with Crippen LogP contribution in [0.15, 0.2) is 24.3 Å². The molecule has 19 heavy (non-hydrogen) atoms. The van der Waals surface area contributed by atoms with E-state index in [1.807, 2.05) is 26.0 Å². The fraction of sp³-hybridized carbons (Fsp3) is 0.562. The molecule has 0 aliphatic carbocycles. The predicted octanol–water partition coefficient (Wildman–Crippen LogP) is 2.59. The summed E-state index contributed by atoms with van der Waals surface area (Å²) in [4.78, 5) is 12.0. The molecule has 0 saturated heterocycles. The Labute approximate surface area is 116 Å². The zero-order chi connectivity index (χ0) is 14.3. The molecular weight excluding hydrogens is 238 g/mol. The number of rotatable bonds is 7. The minimum atomic E-state index is -0.455. The van der Waals surface area contributed by atoms with Crippen molar-refractivity contribution in [1.29, 1.82) is 0 Å². The lowest BCUT2D eigenvalue weighted by molar-refractivity contribution is -0.123. The third kappa shape index (κ3) is 4.67. The molecule has 0 spiro atoms. The first-order valence-electron chi connectivity index (χ1n) is 7.02. The second kappa shape index (κ2) is 7.29. The zero-order valence-electron chi connectivity index (χ0n) is 12.2. The molecule has 3 heteroatoms. The van der Waals surface area contributed by atoms with E-state index in [4.69, 9.17) is 0 Å². The lowest BCUT2D eigenvalue weighted by Gasteiger charge is -2.30. The molecular formula is C16H25NO2. The summed E-state index contributed by atoms with van der Waals surface area (Å²) < 4.78 is 0. The van der Waals surface area contributed by atoms with Crippen LogP contribution in [0.5, 0.6) is 0 Å². The van der Waals surface area contributed by atoms with Crippen molar-refractivity contribution in [1.82, 2.24) is 5.32 Å². The van der Waals surface area contributed by atoms with E-state index in [-0.39, 0.29) is 12.5 Å². The van der Waals surface area contributed by atoms with Gasteiger partial charge in [-0.15, -0.1) is 0 Å². The van der Waals surface area contributed by atoms with Gasteiger partial charge in [0.1, 0.15) is 0 Å². The van der Waals surface area contributed by atoms with Gasteiger partial charge < -0.3 is 10.4 Å². The van der Waals surface area contributed by atoms with Gasteiger partial charge in [0, 0.05) is 6.42 Å². The number of aliphatic hydroxyl groups excluding tert-OH is 1. The van der Waals surface area contributed by atoms with Crippen molar-refractivity contribution >= 4 is 5.91 Å². The fourth-order valence-electron chi connectivity index (χ4n) is 2.17. The van der Waals surface area contributed by atoms with Crippen LogP contribution < -0.4 is 5.32 Å². The van der Waals surface area contributed by atoms with Gasteiger partial charge in [-0.25, -0.2) is 0 Å². The summed E-state index contributed by atoms with van der Waals surface area (Å²) in [7, 11) is 0. The molecule has 0 atom stereocenters. The quantitative estimate of drug-likeness (QED) is 0.794. The van der Waals surface area contributed by atoms with E-state index in [2.05, 4.69) is 24.4 Å². The molecule has 0 heterocycles. The summed E-state index contributed by atoms with van der Waals surface area (Å²) in [5.41, 5.74) is 1.94. The van der Waals surface area contributed by atoms with Crippen LogP contribution in [-0.4, -0.2) is 23.2 Å². The van der Waals surface area contributed by atoms with E-state index < -0.39 is 5.54 Å². The number of aliphatic hydroxyl groups is 1. The highest BCUT2D eigenvalue weighted by atomic mass is 16.3. The van der Waals surface area contributed by atoms with Gasteiger partial charge in [-0.1, -0.05) is 43.7 Å². The second-order valence-electron chi connectivity index (χ2n) is 5.18. The first kappa shape index (κ1) is 15.7. The van der Waals surface area contributed by atoms with E-state index in [9.17, 15) is 9.90 Å². The molecule has 0 aliphatic rings. The summed E-state index contributed by atoms with van der Waals surface area (Å²) in [5, 5.41) is 12.4. The van der Waals surface area contributed by atoms with Crippen LogP contribution in [0.3, 0.4) is 0 Å². The smallest absolute Gasteiger partial charge is 0.220 e. The van der Waals surface area contributed by atoms with Crippen molar-refractivity contribution < 1.29 is 9.90 Å². The fourth-order valence-corrected chi connectivity index (χ4v) is 2.17. The Balaban J connectivity index is 2.52. The molecule has 1 aromatic rings. The summed E-state index contributed by atoms with van der Waals surface area (Å²) in [5.74, 6) is 0.0132. The Morgan fingerprint density at radius 3 is 2.53 bits per heavy atom. The topological polar surface area (TPSA) is 49.3 Å². The van der Waals surface area contributed by atoms with E-state index >= 15 is 0 Å². The van der Waals surface area contributed by atoms with Crippen LogP contribution in [0.2, 0.25) is 0 Å². The van der Waals surface area contributed by atoms with Crippen LogP contribution in [0, 0.1) is 6.92 Å². The van der Waals surface area contributed by atoms with Crippen molar-refractivity contribution in [2.45, 2.75) is 52.0 Å². The van der Waals surface area contributed by atoms with Gasteiger partial charge in [0.2, 0.25) is 5.91 Å². The molecule has 0 aliphatic heterocycles. The number of hydrogen-bond donors (Lipinski definition) is 2. The summed E-state index contributed by atoms with van der Waals surface area (Å²) >= 11 is 0. The lowest BCUT2D eigenvalue weighted by Crippen LogP contribution is -2.50. The van der Waals surface area contributed by atoms with Gasteiger partial charge in [0.25, 0.3) is 0 Å². The van der Waals surface area contributed by atoms with E-state index in [0.717, 1.165) is 19.3 Å². The number of carbonyl (C=O) groups is 1. The maximum Gasteiger partial charge on any atom is 0.220 e. The van der Waals surface area contributed by atoms with Crippen molar-refractivity contribution in [3.8, 4) is 0 Å². The minimum absolute atomic E-state index is 0.00378. The van der Waals surface area contributed by atoms with Crippen LogP contribution in [0.1, 0.15) is 44.2 Å². The Morgan fingerprint density at radius 2 is 2.00 bits per heavy atom. The Morgan fingerprint density at radius 1 is 1.32 bits per heavy atom. The monoisotopic (exact) mass is 263 g/mol. The molecule has 0 bridgehead atoms. The normalized spacial score (nSPS) is 11.4. The molecule has 2 N–H and O–H groups in total. The number of benzene rings is 1. The number of nitrogens with one attached hydrogen (secondary N) is 1. The molecule has 3 nitrogen and oxygen atoms in total. The Hall–Kier alpha value is -1.35. The van der Waals surface area contributed by atoms with Crippen LogP contribution in [-0.2, 0) is 11.2 Å². The molecule has 0 aromatic heterocycles. The van der Waals surface area contributed by atoms with Crippen molar-refractivity contribution in [3.05, 3.63) is 35.4 Å². The summed E-state index contributed by atoms with van der Waals surface area (Å²) in [6.07, 6.45) is 2.69. The average Bonchev–Trinajstić information content (AvgIpc) is 2.43. The van der Waals surface area contributed by atoms with Crippen LogP contribution >= 0.6 is 0 Å². The van der Waals surface area contributed by atoms with Crippen molar-refractivity contribution in [3.63, 3.8) is 0 Å². The van der Waals surface area contributed by atoms with E-state index in [1.54, 1.807) is 0 Å². The first-order valence-corrected chi connectivity index (χ1v) is 7.02. The van der Waals surface area contributed by atoms with Crippen LogP contribution in [0.4, 0.5) is 0 Å². The second-order valence-corrected chi connectivity index (χ2v) is 5.18. The largest absolute Gasteiger partial charge is 0.394 e. The highest BCUT2D eigenvalue weighted by molar-refractivity contribution is 5.77. The number of hydrogen-bond acceptors (Lipinski definition) is 2.